The standard InChI is InChI=1S/C10H10INO5/c1-5(13)8-6(10(14)17-2)3-4-7(11)9(8)12(15)16/h3-5,13H,1-2H3. The first-order chi connectivity index (χ1) is 7.90. The summed E-state index contributed by atoms with van der Waals surface area (Å²) >= 11 is 1.78. The molecule has 0 heterocycles. The Morgan fingerprint density at radius 2 is 2.18 bits per heavy atom. The fraction of sp³-hybridized carbons (Fsp3) is 0.300. The van der Waals surface area contributed by atoms with E-state index in [1.807, 2.05) is 0 Å². The van der Waals surface area contributed by atoms with E-state index in [0.29, 0.717) is 3.57 Å². The minimum Gasteiger partial charge on any atom is -0.465 e. The zero-order valence-electron chi connectivity index (χ0n) is 9.14. The number of esters is 1. The molecule has 1 aromatic rings. The number of hydrogen-bond donors (Lipinski definition) is 1. The minimum atomic E-state index is -1.13. The molecule has 1 aromatic carbocycles. The van der Waals surface area contributed by atoms with Crippen molar-refractivity contribution >= 4 is 34.2 Å². The molecule has 0 spiro atoms. The summed E-state index contributed by atoms with van der Waals surface area (Å²) in [7, 11) is 1.18. The number of nitrogens with zero attached hydrogens (tertiary/aromatic N) is 1. The van der Waals surface area contributed by atoms with Gasteiger partial charge in [-0.2, -0.15) is 0 Å². The maximum Gasteiger partial charge on any atom is 0.338 e. The average Bonchev–Trinajstić information content (AvgIpc) is 2.26. The first kappa shape index (κ1) is 13.8. The molecule has 1 rings (SSSR count). The third kappa shape index (κ3) is 2.72. The fourth-order valence-electron chi connectivity index (χ4n) is 1.48. The summed E-state index contributed by atoms with van der Waals surface area (Å²) in [5.74, 6) is -0.708. The molecule has 0 amide bonds. The summed E-state index contributed by atoms with van der Waals surface area (Å²) in [5, 5.41) is 20.5. The molecule has 7 heteroatoms. The molecule has 1 unspecified atom stereocenters. The van der Waals surface area contributed by atoms with E-state index in [-0.39, 0.29) is 16.8 Å². The van der Waals surface area contributed by atoms with Crippen molar-refractivity contribution in [1.29, 1.82) is 0 Å². The molecule has 0 aromatic heterocycles. The number of benzene rings is 1. The Balaban J connectivity index is 3.59. The SMILES string of the molecule is COC(=O)c1ccc(I)c([N+](=O)[O-])c1C(C)O. The van der Waals surface area contributed by atoms with Gasteiger partial charge in [0, 0.05) is 0 Å². The molecule has 92 valence electrons. The van der Waals surface area contributed by atoms with Gasteiger partial charge in [-0.15, -0.1) is 0 Å². The Morgan fingerprint density at radius 1 is 1.59 bits per heavy atom. The van der Waals surface area contributed by atoms with Gasteiger partial charge in [-0.3, -0.25) is 10.1 Å². The van der Waals surface area contributed by atoms with Crippen LogP contribution in [0.4, 0.5) is 5.69 Å². The van der Waals surface area contributed by atoms with Crippen LogP contribution in [-0.4, -0.2) is 23.1 Å². The molecule has 17 heavy (non-hydrogen) atoms. The number of hydrogen-bond acceptors (Lipinski definition) is 5. The lowest BCUT2D eigenvalue weighted by molar-refractivity contribution is -0.387. The van der Waals surface area contributed by atoms with E-state index in [4.69, 9.17) is 0 Å². The molecule has 1 atom stereocenters. The first-order valence-electron chi connectivity index (χ1n) is 4.63. The van der Waals surface area contributed by atoms with Crippen molar-refractivity contribution in [2.75, 3.05) is 7.11 Å². The lowest BCUT2D eigenvalue weighted by Crippen LogP contribution is -2.11. The van der Waals surface area contributed by atoms with E-state index >= 15 is 0 Å². The second-order valence-corrected chi connectivity index (χ2v) is 4.44. The molecule has 0 bridgehead atoms. The summed E-state index contributed by atoms with van der Waals surface area (Å²) < 4.78 is 4.88. The van der Waals surface area contributed by atoms with E-state index < -0.39 is 17.0 Å². The smallest absolute Gasteiger partial charge is 0.338 e. The zero-order valence-corrected chi connectivity index (χ0v) is 11.3. The predicted octanol–water partition coefficient (Wildman–Crippen LogP) is 2.04. The highest BCUT2D eigenvalue weighted by Crippen LogP contribution is 2.33. The Bertz CT molecular complexity index is 472. The van der Waals surface area contributed by atoms with Crippen LogP contribution in [0.25, 0.3) is 0 Å². The number of nitro groups is 1. The number of ether oxygens (including phenoxy) is 1. The Morgan fingerprint density at radius 3 is 2.59 bits per heavy atom. The minimum absolute atomic E-state index is 0.00890. The van der Waals surface area contributed by atoms with Crippen molar-refractivity contribution < 1.29 is 19.6 Å². The second kappa shape index (κ2) is 5.41. The van der Waals surface area contributed by atoms with Crippen LogP contribution >= 0.6 is 22.6 Å². The van der Waals surface area contributed by atoms with Crippen LogP contribution in [0.15, 0.2) is 12.1 Å². The maximum absolute atomic E-state index is 11.5. The quantitative estimate of drug-likeness (QED) is 0.390. The third-order valence-corrected chi connectivity index (χ3v) is 3.04. The monoisotopic (exact) mass is 351 g/mol. The van der Waals surface area contributed by atoms with Crippen molar-refractivity contribution in [1.82, 2.24) is 0 Å². The summed E-state index contributed by atoms with van der Waals surface area (Å²) in [6.45, 7) is 1.37. The lowest BCUT2D eigenvalue weighted by atomic mass is 10.0. The van der Waals surface area contributed by atoms with Gasteiger partial charge in [-0.05, 0) is 41.6 Å². The van der Waals surface area contributed by atoms with Crippen LogP contribution in [0.5, 0.6) is 0 Å². The molecule has 0 fully saturated rings. The number of methoxy groups -OCH3 is 1. The van der Waals surface area contributed by atoms with Gasteiger partial charge in [0.25, 0.3) is 5.69 Å². The van der Waals surface area contributed by atoms with E-state index in [2.05, 4.69) is 4.74 Å². The van der Waals surface area contributed by atoms with Crippen LogP contribution < -0.4 is 0 Å². The number of aliphatic hydroxyl groups excluding tert-OH is 1. The fourth-order valence-corrected chi connectivity index (χ4v) is 2.15. The molecule has 0 aliphatic carbocycles. The number of carbonyl (C=O) groups excluding carboxylic acids is 1. The number of aliphatic hydroxyl groups is 1. The van der Waals surface area contributed by atoms with Crippen LogP contribution in [0.2, 0.25) is 0 Å². The number of nitro benzene ring substituents is 1. The summed E-state index contributed by atoms with van der Waals surface area (Å²) in [6, 6.07) is 2.85. The normalized spacial score (nSPS) is 12.0. The Kier molecular flexibility index (Phi) is 4.40. The van der Waals surface area contributed by atoms with Crippen molar-refractivity contribution in [3.63, 3.8) is 0 Å². The van der Waals surface area contributed by atoms with Gasteiger partial charge in [0.1, 0.15) is 0 Å². The van der Waals surface area contributed by atoms with Gasteiger partial charge in [0.15, 0.2) is 0 Å². The van der Waals surface area contributed by atoms with Crippen LogP contribution in [0, 0.1) is 13.7 Å². The molecule has 0 aliphatic heterocycles. The van der Waals surface area contributed by atoms with Gasteiger partial charge < -0.3 is 9.84 Å². The molecule has 0 saturated carbocycles. The molecule has 0 saturated heterocycles. The Hall–Kier alpha value is -1.22. The molecule has 0 aliphatic rings. The number of halogens is 1. The van der Waals surface area contributed by atoms with E-state index in [0.717, 1.165) is 0 Å². The zero-order chi connectivity index (χ0) is 13.2. The van der Waals surface area contributed by atoms with Crippen molar-refractivity contribution in [2.24, 2.45) is 0 Å². The predicted molar refractivity (Wildman–Crippen MR) is 67.8 cm³/mol. The van der Waals surface area contributed by atoms with Crippen LogP contribution in [0.3, 0.4) is 0 Å². The van der Waals surface area contributed by atoms with E-state index in [1.54, 1.807) is 22.6 Å². The summed E-state index contributed by atoms with van der Waals surface area (Å²) in [5.41, 5.74) is -0.271. The van der Waals surface area contributed by atoms with Crippen molar-refractivity contribution in [3.05, 3.63) is 36.9 Å². The third-order valence-electron chi connectivity index (χ3n) is 2.17. The second-order valence-electron chi connectivity index (χ2n) is 3.28. The summed E-state index contributed by atoms with van der Waals surface area (Å²) in [6.07, 6.45) is -1.13. The topological polar surface area (TPSA) is 89.7 Å². The van der Waals surface area contributed by atoms with Crippen LogP contribution in [-0.2, 0) is 4.74 Å². The van der Waals surface area contributed by atoms with Crippen molar-refractivity contribution in [3.8, 4) is 0 Å². The number of carbonyl (C=O) groups is 1. The van der Waals surface area contributed by atoms with Crippen LogP contribution in [0.1, 0.15) is 28.9 Å². The lowest BCUT2D eigenvalue weighted by Gasteiger charge is -2.11. The highest BCUT2D eigenvalue weighted by molar-refractivity contribution is 14.1. The highest BCUT2D eigenvalue weighted by Gasteiger charge is 2.28. The number of rotatable bonds is 3. The molecular weight excluding hydrogens is 341 g/mol. The maximum atomic E-state index is 11.5. The first-order valence-corrected chi connectivity index (χ1v) is 5.71. The summed E-state index contributed by atoms with van der Waals surface area (Å²) in [4.78, 5) is 21.8. The molecule has 0 radical (unpaired) electrons. The van der Waals surface area contributed by atoms with E-state index in [1.165, 1.54) is 26.2 Å². The molecule has 1 N–H and O–H groups in total. The highest BCUT2D eigenvalue weighted by atomic mass is 127. The van der Waals surface area contributed by atoms with Gasteiger partial charge in [0.05, 0.1) is 32.8 Å². The van der Waals surface area contributed by atoms with Gasteiger partial charge in [-0.1, -0.05) is 0 Å². The largest absolute Gasteiger partial charge is 0.465 e. The van der Waals surface area contributed by atoms with Gasteiger partial charge >= 0.3 is 5.97 Å². The Labute approximate surface area is 111 Å². The van der Waals surface area contributed by atoms with Crippen molar-refractivity contribution in [2.45, 2.75) is 13.0 Å². The molecule has 6 nitrogen and oxygen atoms in total. The average molecular weight is 351 g/mol. The molecular formula is C10H10INO5. The van der Waals surface area contributed by atoms with Gasteiger partial charge in [-0.25, -0.2) is 4.79 Å². The van der Waals surface area contributed by atoms with Gasteiger partial charge in [0.2, 0.25) is 0 Å². The van der Waals surface area contributed by atoms with E-state index in [9.17, 15) is 20.0 Å².